The number of aromatic nitrogens is 1. The van der Waals surface area contributed by atoms with Gasteiger partial charge in [-0.2, -0.15) is 0 Å². The van der Waals surface area contributed by atoms with Crippen molar-refractivity contribution in [2.45, 2.75) is 52.0 Å². The fourth-order valence-electron chi connectivity index (χ4n) is 4.10. The van der Waals surface area contributed by atoms with Crippen LogP contribution in [0.3, 0.4) is 0 Å². The van der Waals surface area contributed by atoms with Crippen LogP contribution in [-0.2, 0) is 6.54 Å². The number of Topliss-reactive ketones (excluding diaryl/α,β-unsaturated/α-hetero) is 1. The minimum absolute atomic E-state index is 0.149. The number of nitrogens with zero attached hydrogens (tertiary/aromatic N) is 2. The van der Waals surface area contributed by atoms with E-state index in [0.29, 0.717) is 17.5 Å². The van der Waals surface area contributed by atoms with E-state index < -0.39 is 0 Å². The molecule has 1 aliphatic heterocycles. The summed E-state index contributed by atoms with van der Waals surface area (Å²) in [4.78, 5) is 26.1. The van der Waals surface area contributed by atoms with Gasteiger partial charge in [0.1, 0.15) is 0 Å². The summed E-state index contributed by atoms with van der Waals surface area (Å²) in [6.45, 7) is 5.87. The lowest BCUT2D eigenvalue weighted by Gasteiger charge is -2.48. The Bertz CT molecular complexity index is 591. The number of ketones is 1. The Morgan fingerprint density at radius 1 is 1.18 bits per heavy atom. The summed E-state index contributed by atoms with van der Waals surface area (Å²) in [7, 11) is 0. The van der Waals surface area contributed by atoms with Crippen molar-refractivity contribution in [3.05, 3.63) is 34.2 Å². The standard InChI is InChI=1S/C18H26N2O2/c1-15(21)16-7-6-12-20(17(16)22)11-5-4-10-19-13-18(14-19)8-2-3-9-18/h6-7,12H,2-5,8-11,13-14H2,1H3. The van der Waals surface area contributed by atoms with Gasteiger partial charge in [0.05, 0.1) is 5.56 Å². The SMILES string of the molecule is CC(=O)c1cccn(CCCCN2CC3(CCCC3)C2)c1=O. The van der Waals surface area contributed by atoms with E-state index in [-0.39, 0.29) is 11.3 Å². The second-order valence-corrected chi connectivity index (χ2v) is 7.10. The summed E-state index contributed by atoms with van der Waals surface area (Å²) in [5, 5.41) is 0. The van der Waals surface area contributed by atoms with E-state index in [1.165, 1.54) is 45.7 Å². The fourth-order valence-corrected chi connectivity index (χ4v) is 4.10. The lowest BCUT2D eigenvalue weighted by molar-refractivity contribution is 0.00512. The first-order valence-electron chi connectivity index (χ1n) is 8.52. The molecule has 1 aliphatic carbocycles. The van der Waals surface area contributed by atoms with Crippen LogP contribution in [0, 0.1) is 5.41 Å². The third-order valence-electron chi connectivity index (χ3n) is 5.31. The number of likely N-dealkylation sites (tertiary alicyclic amines) is 1. The molecule has 1 aromatic rings. The Morgan fingerprint density at radius 3 is 2.55 bits per heavy atom. The first-order chi connectivity index (χ1) is 10.6. The van der Waals surface area contributed by atoms with Gasteiger partial charge in [0.15, 0.2) is 5.78 Å². The zero-order chi connectivity index (χ0) is 15.6. The van der Waals surface area contributed by atoms with Crippen molar-refractivity contribution in [2.24, 2.45) is 5.41 Å². The van der Waals surface area contributed by atoms with E-state index >= 15 is 0 Å². The van der Waals surface area contributed by atoms with Crippen LogP contribution in [-0.4, -0.2) is 34.9 Å². The predicted octanol–water partition coefficient (Wildman–Crippen LogP) is 2.71. The van der Waals surface area contributed by atoms with Crippen LogP contribution in [0.2, 0.25) is 0 Å². The maximum atomic E-state index is 12.1. The topological polar surface area (TPSA) is 42.3 Å². The number of unbranched alkanes of at least 4 members (excludes halogenated alkanes) is 1. The first kappa shape index (κ1) is 15.5. The summed E-state index contributed by atoms with van der Waals surface area (Å²) in [6, 6.07) is 3.40. The molecule has 1 saturated heterocycles. The highest BCUT2D eigenvalue weighted by Crippen LogP contribution is 2.45. The van der Waals surface area contributed by atoms with E-state index in [4.69, 9.17) is 0 Å². The summed E-state index contributed by atoms with van der Waals surface area (Å²) >= 11 is 0. The van der Waals surface area contributed by atoms with Gasteiger partial charge in [-0.05, 0) is 56.7 Å². The molecule has 0 aromatic carbocycles. The van der Waals surface area contributed by atoms with Crippen molar-refractivity contribution in [2.75, 3.05) is 19.6 Å². The Kier molecular flexibility index (Phi) is 4.48. The lowest BCUT2D eigenvalue weighted by Crippen LogP contribution is -2.54. The smallest absolute Gasteiger partial charge is 0.261 e. The molecule has 1 saturated carbocycles. The monoisotopic (exact) mass is 302 g/mol. The van der Waals surface area contributed by atoms with Crippen LogP contribution in [0.25, 0.3) is 0 Å². The normalized spacial score (nSPS) is 20.2. The Balaban J connectivity index is 1.42. The number of aryl methyl sites for hydroxylation is 1. The molecule has 0 atom stereocenters. The lowest BCUT2D eigenvalue weighted by atomic mass is 9.78. The Hall–Kier alpha value is -1.42. The van der Waals surface area contributed by atoms with Gasteiger partial charge in [0.25, 0.3) is 5.56 Å². The molecule has 2 fully saturated rings. The number of hydrogen-bond donors (Lipinski definition) is 0. The number of pyridine rings is 1. The van der Waals surface area contributed by atoms with Gasteiger partial charge in [-0.1, -0.05) is 12.8 Å². The van der Waals surface area contributed by atoms with Crippen LogP contribution >= 0.6 is 0 Å². The first-order valence-corrected chi connectivity index (χ1v) is 8.52. The second-order valence-electron chi connectivity index (χ2n) is 7.10. The largest absolute Gasteiger partial charge is 0.315 e. The molecule has 2 aliphatic rings. The van der Waals surface area contributed by atoms with Gasteiger partial charge in [-0.25, -0.2) is 0 Å². The van der Waals surface area contributed by atoms with E-state index in [1.807, 2.05) is 0 Å². The van der Waals surface area contributed by atoms with Crippen LogP contribution < -0.4 is 5.56 Å². The van der Waals surface area contributed by atoms with E-state index in [2.05, 4.69) is 4.90 Å². The van der Waals surface area contributed by atoms with Crippen molar-refractivity contribution in [3.63, 3.8) is 0 Å². The summed E-state index contributed by atoms with van der Waals surface area (Å²) in [5.74, 6) is -0.151. The van der Waals surface area contributed by atoms with Crippen LogP contribution in [0.5, 0.6) is 0 Å². The molecule has 0 amide bonds. The van der Waals surface area contributed by atoms with Gasteiger partial charge < -0.3 is 9.47 Å². The van der Waals surface area contributed by atoms with Crippen molar-refractivity contribution in [1.29, 1.82) is 0 Å². The van der Waals surface area contributed by atoms with Gasteiger partial charge in [-0.15, -0.1) is 0 Å². The van der Waals surface area contributed by atoms with Crippen molar-refractivity contribution in [3.8, 4) is 0 Å². The number of hydrogen-bond acceptors (Lipinski definition) is 3. The molecule has 0 N–H and O–H groups in total. The molecule has 0 unspecified atom stereocenters. The molecule has 1 spiro atoms. The molecule has 0 radical (unpaired) electrons. The molecule has 2 heterocycles. The van der Waals surface area contributed by atoms with Crippen LogP contribution in [0.4, 0.5) is 0 Å². The number of carbonyl (C=O) groups is 1. The van der Waals surface area contributed by atoms with Crippen molar-refractivity contribution >= 4 is 5.78 Å². The Labute approximate surface area is 132 Å². The van der Waals surface area contributed by atoms with Crippen molar-refractivity contribution < 1.29 is 4.79 Å². The zero-order valence-electron chi connectivity index (χ0n) is 13.5. The summed E-state index contributed by atoms with van der Waals surface area (Å²) in [5.41, 5.74) is 0.824. The van der Waals surface area contributed by atoms with Gasteiger partial charge in [0, 0.05) is 25.8 Å². The van der Waals surface area contributed by atoms with Gasteiger partial charge >= 0.3 is 0 Å². The van der Waals surface area contributed by atoms with Crippen molar-refractivity contribution in [1.82, 2.24) is 9.47 Å². The maximum Gasteiger partial charge on any atom is 0.261 e. The van der Waals surface area contributed by atoms with E-state index in [0.717, 1.165) is 19.4 Å². The van der Waals surface area contributed by atoms with E-state index in [9.17, 15) is 9.59 Å². The predicted molar refractivity (Wildman–Crippen MR) is 87.3 cm³/mol. The molecular weight excluding hydrogens is 276 g/mol. The molecule has 120 valence electrons. The molecule has 4 heteroatoms. The molecule has 4 nitrogen and oxygen atoms in total. The highest BCUT2D eigenvalue weighted by molar-refractivity contribution is 5.93. The Morgan fingerprint density at radius 2 is 1.86 bits per heavy atom. The zero-order valence-corrected chi connectivity index (χ0v) is 13.5. The average Bonchev–Trinajstić information content (AvgIpc) is 2.93. The molecule has 22 heavy (non-hydrogen) atoms. The summed E-state index contributed by atoms with van der Waals surface area (Å²) in [6.07, 6.45) is 9.59. The minimum Gasteiger partial charge on any atom is -0.315 e. The van der Waals surface area contributed by atoms with Gasteiger partial charge in [0.2, 0.25) is 0 Å². The summed E-state index contributed by atoms with van der Waals surface area (Å²) < 4.78 is 1.67. The third kappa shape index (κ3) is 3.17. The molecular formula is C18H26N2O2. The quantitative estimate of drug-likeness (QED) is 0.599. The molecule has 0 bridgehead atoms. The highest BCUT2D eigenvalue weighted by Gasteiger charge is 2.43. The minimum atomic E-state index is -0.151. The second kappa shape index (κ2) is 6.37. The maximum absolute atomic E-state index is 12.1. The van der Waals surface area contributed by atoms with Gasteiger partial charge in [-0.3, -0.25) is 9.59 Å². The molecule has 1 aromatic heterocycles. The average molecular weight is 302 g/mol. The van der Waals surface area contributed by atoms with Crippen LogP contribution in [0.15, 0.2) is 23.1 Å². The van der Waals surface area contributed by atoms with Crippen LogP contribution in [0.1, 0.15) is 55.8 Å². The van der Waals surface area contributed by atoms with E-state index in [1.54, 1.807) is 22.9 Å². The molecule has 3 rings (SSSR count). The fraction of sp³-hybridized carbons (Fsp3) is 0.667. The third-order valence-corrected chi connectivity index (χ3v) is 5.31. The number of carbonyl (C=O) groups excluding carboxylic acids is 1. The number of rotatable bonds is 6. The highest BCUT2D eigenvalue weighted by atomic mass is 16.1.